The Hall–Kier alpha value is -2.46. The summed E-state index contributed by atoms with van der Waals surface area (Å²) < 4.78 is 0. The maximum absolute atomic E-state index is 12.9. The molecule has 0 unspecified atom stereocenters. The Labute approximate surface area is 141 Å². The van der Waals surface area contributed by atoms with E-state index in [4.69, 9.17) is 0 Å². The molecule has 24 heavy (non-hydrogen) atoms. The van der Waals surface area contributed by atoms with Crippen molar-refractivity contribution in [3.05, 3.63) is 71.3 Å². The van der Waals surface area contributed by atoms with Gasteiger partial charge in [0.2, 0.25) is 0 Å². The summed E-state index contributed by atoms with van der Waals surface area (Å²) in [7, 11) is 2.10. The zero-order valence-corrected chi connectivity index (χ0v) is 13.7. The molecule has 122 valence electrons. The summed E-state index contributed by atoms with van der Waals surface area (Å²) in [5.41, 5.74) is 1.90. The van der Waals surface area contributed by atoms with Crippen molar-refractivity contribution in [2.45, 2.75) is 0 Å². The quantitative estimate of drug-likeness (QED) is 0.815. The fourth-order valence-electron chi connectivity index (χ4n) is 3.99. The highest BCUT2D eigenvalue weighted by molar-refractivity contribution is 6.15. The third-order valence-corrected chi connectivity index (χ3v) is 4.99. The van der Waals surface area contributed by atoms with E-state index < -0.39 is 0 Å². The summed E-state index contributed by atoms with van der Waals surface area (Å²) in [6.07, 6.45) is 0. The van der Waals surface area contributed by atoms with Crippen LogP contribution in [-0.4, -0.2) is 54.7 Å². The number of ketones is 1. The predicted octanol–water partition coefficient (Wildman–Crippen LogP) is 2.31. The molecule has 0 N–H and O–H groups in total. The second kappa shape index (κ2) is 5.56. The minimum absolute atomic E-state index is 0.0324. The van der Waals surface area contributed by atoms with Gasteiger partial charge in [-0.15, -0.1) is 0 Å². The van der Waals surface area contributed by atoms with Crippen molar-refractivity contribution in [1.29, 1.82) is 0 Å². The van der Waals surface area contributed by atoms with E-state index in [0.29, 0.717) is 22.1 Å². The summed E-state index contributed by atoms with van der Waals surface area (Å²) >= 11 is 0. The smallest absolute Gasteiger partial charge is 0.254 e. The second-order valence-electron chi connectivity index (χ2n) is 7.07. The maximum atomic E-state index is 12.9. The lowest BCUT2D eigenvalue weighted by Gasteiger charge is -2.59. The number of carbonyl (C=O) groups is 2. The highest BCUT2D eigenvalue weighted by Crippen LogP contribution is 2.39. The van der Waals surface area contributed by atoms with E-state index in [1.807, 2.05) is 35.2 Å². The van der Waals surface area contributed by atoms with E-state index in [9.17, 15) is 9.59 Å². The van der Waals surface area contributed by atoms with Gasteiger partial charge in [-0.25, -0.2) is 0 Å². The molecule has 4 rings (SSSR count). The van der Waals surface area contributed by atoms with E-state index in [1.54, 1.807) is 24.3 Å². The molecule has 2 aromatic carbocycles. The van der Waals surface area contributed by atoms with Gasteiger partial charge in [0, 0.05) is 42.7 Å². The van der Waals surface area contributed by atoms with Crippen molar-refractivity contribution in [3.8, 4) is 0 Å². The molecule has 2 heterocycles. The molecular formula is C20H20N2O2. The van der Waals surface area contributed by atoms with Crippen molar-refractivity contribution in [1.82, 2.24) is 9.80 Å². The first-order valence-electron chi connectivity index (χ1n) is 8.25. The number of carbonyl (C=O) groups excluding carboxylic acids is 2. The van der Waals surface area contributed by atoms with Gasteiger partial charge in [0.1, 0.15) is 0 Å². The van der Waals surface area contributed by atoms with Crippen molar-refractivity contribution in [2.75, 3.05) is 33.2 Å². The standard InChI is InChI=1S/C20H20N2O2/c1-21-11-20(12-21)13-22(14-20)19(24)17-10-6-5-9-16(17)18(23)15-7-3-2-4-8-15/h2-10H,11-14H2,1H3. The zero-order chi connectivity index (χ0) is 16.7. The normalized spacial score (nSPS) is 18.8. The molecule has 2 saturated heterocycles. The molecule has 4 nitrogen and oxygen atoms in total. The monoisotopic (exact) mass is 320 g/mol. The fourth-order valence-corrected chi connectivity index (χ4v) is 3.99. The van der Waals surface area contributed by atoms with Gasteiger partial charge in [0.05, 0.1) is 5.56 Å². The molecule has 1 spiro atoms. The fraction of sp³-hybridized carbons (Fsp3) is 0.300. The minimum Gasteiger partial charge on any atom is -0.337 e. The van der Waals surface area contributed by atoms with E-state index in [-0.39, 0.29) is 11.7 Å². The zero-order valence-electron chi connectivity index (χ0n) is 13.7. The van der Waals surface area contributed by atoms with Gasteiger partial charge >= 0.3 is 0 Å². The number of rotatable bonds is 3. The highest BCUT2D eigenvalue weighted by atomic mass is 16.2. The molecule has 0 radical (unpaired) electrons. The topological polar surface area (TPSA) is 40.6 Å². The third kappa shape index (κ3) is 2.43. The average Bonchev–Trinajstić information content (AvgIpc) is 2.56. The van der Waals surface area contributed by atoms with Crippen LogP contribution in [0.4, 0.5) is 0 Å². The summed E-state index contributed by atoms with van der Waals surface area (Å²) in [5, 5.41) is 0. The van der Waals surface area contributed by atoms with E-state index in [1.165, 1.54) is 0 Å². The van der Waals surface area contributed by atoms with Gasteiger partial charge in [0.25, 0.3) is 5.91 Å². The first-order chi connectivity index (χ1) is 11.6. The van der Waals surface area contributed by atoms with Crippen molar-refractivity contribution >= 4 is 11.7 Å². The molecule has 1 amide bonds. The first-order valence-corrected chi connectivity index (χ1v) is 8.25. The van der Waals surface area contributed by atoms with E-state index in [2.05, 4.69) is 11.9 Å². The number of amides is 1. The van der Waals surface area contributed by atoms with Gasteiger partial charge in [-0.2, -0.15) is 0 Å². The van der Waals surface area contributed by atoms with Gasteiger partial charge in [0.15, 0.2) is 5.78 Å². The minimum atomic E-state index is -0.0989. The lowest BCUT2D eigenvalue weighted by molar-refractivity contribution is -0.0872. The summed E-state index contributed by atoms with van der Waals surface area (Å²) in [6, 6.07) is 16.3. The van der Waals surface area contributed by atoms with Crippen LogP contribution in [0, 0.1) is 5.41 Å². The number of hydrogen-bond donors (Lipinski definition) is 0. The summed E-state index contributed by atoms with van der Waals surface area (Å²) in [6.45, 7) is 3.71. The van der Waals surface area contributed by atoms with Crippen molar-refractivity contribution in [2.24, 2.45) is 5.41 Å². The van der Waals surface area contributed by atoms with Gasteiger partial charge in [-0.3, -0.25) is 9.59 Å². The Morgan fingerprint density at radius 3 is 2.04 bits per heavy atom. The molecule has 2 fully saturated rings. The second-order valence-corrected chi connectivity index (χ2v) is 7.07. The maximum Gasteiger partial charge on any atom is 0.254 e. The number of likely N-dealkylation sites (tertiary alicyclic amines) is 2. The largest absolute Gasteiger partial charge is 0.337 e. The molecule has 0 aliphatic carbocycles. The van der Waals surface area contributed by atoms with Crippen LogP contribution in [0.15, 0.2) is 54.6 Å². The molecule has 2 aliphatic rings. The average molecular weight is 320 g/mol. The SMILES string of the molecule is CN1CC2(C1)CN(C(=O)c1ccccc1C(=O)c1ccccc1)C2. The molecule has 0 aromatic heterocycles. The van der Waals surface area contributed by atoms with Crippen LogP contribution >= 0.6 is 0 Å². The Bertz CT molecular complexity index is 786. The van der Waals surface area contributed by atoms with Crippen LogP contribution in [0.2, 0.25) is 0 Å². The molecule has 0 atom stereocenters. The molecule has 2 aliphatic heterocycles. The Morgan fingerprint density at radius 2 is 1.42 bits per heavy atom. The molecular weight excluding hydrogens is 300 g/mol. The Kier molecular flexibility index (Phi) is 3.50. The molecule has 0 bridgehead atoms. The van der Waals surface area contributed by atoms with Crippen LogP contribution in [-0.2, 0) is 0 Å². The molecule has 0 saturated carbocycles. The highest BCUT2D eigenvalue weighted by Gasteiger charge is 2.52. The number of benzene rings is 2. The number of nitrogens with zero attached hydrogens (tertiary/aromatic N) is 2. The van der Waals surface area contributed by atoms with Gasteiger partial charge in [-0.1, -0.05) is 48.5 Å². The first kappa shape index (κ1) is 15.1. The van der Waals surface area contributed by atoms with Gasteiger partial charge < -0.3 is 9.80 Å². The van der Waals surface area contributed by atoms with Crippen molar-refractivity contribution < 1.29 is 9.59 Å². The Balaban J connectivity index is 1.56. The van der Waals surface area contributed by atoms with E-state index >= 15 is 0 Å². The molecule has 4 heteroatoms. The van der Waals surface area contributed by atoms with Crippen molar-refractivity contribution in [3.63, 3.8) is 0 Å². The summed E-state index contributed by atoms with van der Waals surface area (Å²) in [4.78, 5) is 29.8. The summed E-state index contributed by atoms with van der Waals surface area (Å²) in [5.74, 6) is -0.131. The number of hydrogen-bond acceptors (Lipinski definition) is 3. The molecule has 2 aromatic rings. The van der Waals surface area contributed by atoms with Gasteiger partial charge in [-0.05, 0) is 13.1 Å². The van der Waals surface area contributed by atoms with Crippen LogP contribution in [0.25, 0.3) is 0 Å². The van der Waals surface area contributed by atoms with E-state index in [0.717, 1.165) is 26.2 Å². The van der Waals surface area contributed by atoms with Crippen LogP contribution in [0.1, 0.15) is 26.3 Å². The van der Waals surface area contributed by atoms with Crippen LogP contribution in [0.5, 0.6) is 0 Å². The van der Waals surface area contributed by atoms with Crippen LogP contribution < -0.4 is 0 Å². The lowest BCUT2D eigenvalue weighted by atomic mass is 9.73. The van der Waals surface area contributed by atoms with Crippen LogP contribution in [0.3, 0.4) is 0 Å². The Morgan fingerprint density at radius 1 is 0.833 bits per heavy atom. The predicted molar refractivity (Wildman–Crippen MR) is 92.2 cm³/mol. The lowest BCUT2D eigenvalue weighted by Crippen LogP contribution is -2.72. The third-order valence-electron chi connectivity index (χ3n) is 4.99.